The number of hydrogen-bond acceptors (Lipinski definition) is 3. The molecular formula is C20H19N3OS. The maximum Gasteiger partial charge on any atom is 0.174 e. The Labute approximate surface area is 152 Å². The molecule has 1 aliphatic rings. The fourth-order valence-electron chi connectivity index (χ4n) is 3.24. The number of nitrogens with zero attached hydrogens (tertiary/aromatic N) is 2. The highest BCUT2D eigenvalue weighted by molar-refractivity contribution is 7.80. The van der Waals surface area contributed by atoms with Crippen molar-refractivity contribution >= 4 is 23.0 Å². The summed E-state index contributed by atoms with van der Waals surface area (Å²) in [7, 11) is 0. The van der Waals surface area contributed by atoms with Crippen molar-refractivity contribution in [2.24, 2.45) is 0 Å². The molecule has 4 nitrogen and oxygen atoms in total. The Hall–Kier alpha value is -2.66. The molecule has 0 amide bonds. The second-order valence-corrected chi connectivity index (χ2v) is 6.67. The van der Waals surface area contributed by atoms with Gasteiger partial charge < -0.3 is 14.6 Å². The van der Waals surface area contributed by atoms with Gasteiger partial charge in [0.25, 0.3) is 0 Å². The van der Waals surface area contributed by atoms with Crippen LogP contribution in [0.5, 0.6) is 0 Å². The van der Waals surface area contributed by atoms with E-state index in [0.29, 0.717) is 5.11 Å². The van der Waals surface area contributed by atoms with Crippen LogP contribution >= 0.6 is 12.2 Å². The summed E-state index contributed by atoms with van der Waals surface area (Å²) < 4.78 is 5.97. The van der Waals surface area contributed by atoms with Gasteiger partial charge in [-0.3, -0.25) is 4.98 Å². The molecule has 1 aromatic carbocycles. The molecule has 1 N–H and O–H groups in total. The average molecular weight is 349 g/mol. The molecule has 0 bridgehead atoms. The number of aromatic nitrogens is 1. The third kappa shape index (κ3) is 2.91. The number of furan rings is 1. The molecule has 0 saturated carbocycles. The molecule has 1 aliphatic heterocycles. The molecule has 5 heteroatoms. The number of aryl methyl sites for hydroxylation is 2. The highest BCUT2D eigenvalue weighted by atomic mass is 32.1. The fraction of sp³-hybridized carbons (Fsp3) is 0.200. The Morgan fingerprint density at radius 2 is 1.84 bits per heavy atom. The number of nitrogens with one attached hydrogen (secondary N) is 1. The van der Waals surface area contributed by atoms with Gasteiger partial charge in [0.1, 0.15) is 17.6 Å². The molecule has 3 heterocycles. The Morgan fingerprint density at radius 1 is 1.04 bits per heavy atom. The molecule has 4 rings (SSSR count). The lowest BCUT2D eigenvalue weighted by Crippen LogP contribution is -2.29. The topological polar surface area (TPSA) is 41.3 Å². The van der Waals surface area contributed by atoms with Gasteiger partial charge in [-0.15, -0.1) is 0 Å². The van der Waals surface area contributed by atoms with Crippen LogP contribution in [0.4, 0.5) is 5.69 Å². The van der Waals surface area contributed by atoms with Gasteiger partial charge in [-0.05, 0) is 62.5 Å². The van der Waals surface area contributed by atoms with Crippen molar-refractivity contribution in [3.05, 3.63) is 83.6 Å². The predicted molar refractivity (Wildman–Crippen MR) is 103 cm³/mol. The minimum atomic E-state index is -0.0844. The lowest BCUT2D eigenvalue weighted by Gasteiger charge is -2.26. The molecule has 126 valence electrons. The fourth-order valence-corrected chi connectivity index (χ4v) is 3.59. The highest BCUT2D eigenvalue weighted by Crippen LogP contribution is 2.41. The molecular weight excluding hydrogens is 330 g/mol. The summed E-state index contributed by atoms with van der Waals surface area (Å²) in [6, 6.07) is 18.1. The summed E-state index contributed by atoms with van der Waals surface area (Å²) in [5.41, 5.74) is 3.20. The highest BCUT2D eigenvalue weighted by Gasteiger charge is 2.42. The Kier molecular flexibility index (Phi) is 4.01. The molecule has 2 atom stereocenters. The molecule has 0 aliphatic carbocycles. The van der Waals surface area contributed by atoms with E-state index in [1.807, 2.05) is 37.3 Å². The van der Waals surface area contributed by atoms with E-state index in [1.54, 1.807) is 6.20 Å². The first-order chi connectivity index (χ1) is 12.1. The number of pyridine rings is 1. The van der Waals surface area contributed by atoms with Gasteiger partial charge in [-0.2, -0.15) is 0 Å². The van der Waals surface area contributed by atoms with Gasteiger partial charge in [-0.25, -0.2) is 0 Å². The number of benzene rings is 1. The van der Waals surface area contributed by atoms with Gasteiger partial charge in [0.15, 0.2) is 5.11 Å². The van der Waals surface area contributed by atoms with Crippen molar-refractivity contribution < 1.29 is 4.42 Å². The second-order valence-electron chi connectivity index (χ2n) is 6.28. The first-order valence-electron chi connectivity index (χ1n) is 8.27. The average Bonchev–Trinajstić information content (AvgIpc) is 3.20. The van der Waals surface area contributed by atoms with E-state index in [2.05, 4.69) is 46.4 Å². The van der Waals surface area contributed by atoms with Crippen LogP contribution in [0.3, 0.4) is 0 Å². The zero-order valence-electron chi connectivity index (χ0n) is 14.1. The van der Waals surface area contributed by atoms with Crippen molar-refractivity contribution in [3.8, 4) is 0 Å². The first-order valence-corrected chi connectivity index (χ1v) is 8.68. The number of rotatable bonds is 3. The lowest BCUT2D eigenvalue weighted by molar-refractivity contribution is 0.418. The zero-order valence-corrected chi connectivity index (χ0v) is 15.0. The van der Waals surface area contributed by atoms with E-state index in [-0.39, 0.29) is 12.1 Å². The maximum atomic E-state index is 5.97. The summed E-state index contributed by atoms with van der Waals surface area (Å²) in [6.45, 7) is 4.03. The second kappa shape index (κ2) is 6.33. The van der Waals surface area contributed by atoms with Gasteiger partial charge >= 0.3 is 0 Å². The molecule has 2 aromatic heterocycles. The quantitative estimate of drug-likeness (QED) is 0.707. The SMILES string of the molecule is Cc1ccc(N2C(=S)N[C@H](c3ccccn3)[C@@H]2c2ccc(C)o2)cc1. The smallest absolute Gasteiger partial charge is 0.174 e. The summed E-state index contributed by atoms with van der Waals surface area (Å²) in [4.78, 5) is 6.65. The molecule has 1 fully saturated rings. The van der Waals surface area contributed by atoms with Crippen molar-refractivity contribution in [1.29, 1.82) is 0 Å². The van der Waals surface area contributed by atoms with Crippen molar-refractivity contribution in [2.75, 3.05) is 4.90 Å². The summed E-state index contributed by atoms with van der Waals surface area (Å²) in [5, 5.41) is 4.11. The summed E-state index contributed by atoms with van der Waals surface area (Å²) in [5.74, 6) is 1.76. The van der Waals surface area contributed by atoms with Gasteiger partial charge in [0.05, 0.1) is 11.7 Å². The van der Waals surface area contributed by atoms with Crippen LogP contribution in [0, 0.1) is 13.8 Å². The molecule has 3 aromatic rings. The Bertz CT molecular complexity index is 889. The van der Waals surface area contributed by atoms with E-state index in [9.17, 15) is 0 Å². The molecule has 25 heavy (non-hydrogen) atoms. The first kappa shape index (κ1) is 15.8. The van der Waals surface area contributed by atoms with Gasteiger partial charge in [-0.1, -0.05) is 23.8 Å². The molecule has 1 saturated heterocycles. The van der Waals surface area contributed by atoms with Crippen LogP contribution in [0.15, 0.2) is 65.2 Å². The van der Waals surface area contributed by atoms with Crippen LogP contribution in [-0.4, -0.2) is 10.1 Å². The monoisotopic (exact) mass is 349 g/mol. The van der Waals surface area contributed by atoms with Crippen LogP contribution < -0.4 is 10.2 Å². The molecule has 0 radical (unpaired) electrons. The minimum Gasteiger partial charge on any atom is -0.464 e. The van der Waals surface area contributed by atoms with E-state index in [0.717, 1.165) is 22.9 Å². The maximum absolute atomic E-state index is 5.97. The van der Waals surface area contributed by atoms with Crippen LogP contribution in [0.1, 0.15) is 34.9 Å². The van der Waals surface area contributed by atoms with Crippen LogP contribution in [-0.2, 0) is 0 Å². The van der Waals surface area contributed by atoms with Gasteiger partial charge in [0.2, 0.25) is 0 Å². The van der Waals surface area contributed by atoms with Crippen LogP contribution in [0.25, 0.3) is 0 Å². The minimum absolute atomic E-state index is 0.0689. The Morgan fingerprint density at radius 3 is 2.48 bits per heavy atom. The van der Waals surface area contributed by atoms with E-state index >= 15 is 0 Å². The largest absolute Gasteiger partial charge is 0.464 e. The lowest BCUT2D eigenvalue weighted by atomic mass is 10.0. The van der Waals surface area contributed by atoms with E-state index in [1.165, 1.54) is 5.56 Å². The number of hydrogen-bond donors (Lipinski definition) is 1. The van der Waals surface area contributed by atoms with E-state index < -0.39 is 0 Å². The third-order valence-electron chi connectivity index (χ3n) is 4.46. The van der Waals surface area contributed by atoms with E-state index in [4.69, 9.17) is 16.6 Å². The normalized spacial score (nSPS) is 19.9. The molecule has 0 spiro atoms. The van der Waals surface area contributed by atoms with Crippen LogP contribution in [0.2, 0.25) is 0 Å². The number of thiocarbonyl (C=S) groups is 1. The van der Waals surface area contributed by atoms with Crippen molar-refractivity contribution in [3.63, 3.8) is 0 Å². The Balaban J connectivity index is 1.81. The summed E-state index contributed by atoms with van der Waals surface area (Å²) >= 11 is 5.66. The summed E-state index contributed by atoms with van der Waals surface area (Å²) in [6.07, 6.45) is 1.80. The van der Waals surface area contributed by atoms with Gasteiger partial charge in [0, 0.05) is 11.9 Å². The molecule has 0 unspecified atom stereocenters. The van der Waals surface area contributed by atoms with Crippen molar-refractivity contribution in [1.82, 2.24) is 10.3 Å². The third-order valence-corrected chi connectivity index (χ3v) is 4.78. The predicted octanol–water partition coefficient (Wildman–Crippen LogP) is 4.47. The van der Waals surface area contributed by atoms with Crippen molar-refractivity contribution in [2.45, 2.75) is 25.9 Å². The number of anilines is 1. The standard InChI is InChI=1S/C20H19N3OS/c1-13-6-9-15(10-7-13)23-19(17-11-8-14(2)24-17)18(22-20(23)25)16-5-3-4-12-21-16/h3-12,18-19H,1-2H3,(H,22,25)/t18-,19+/m1/s1. The zero-order chi connectivity index (χ0) is 17.4.